The van der Waals surface area contributed by atoms with Gasteiger partial charge in [-0.15, -0.1) is 0 Å². The minimum Gasteiger partial charge on any atom is -0.496 e. The average Bonchev–Trinajstić information content (AvgIpc) is 2.63. The summed E-state index contributed by atoms with van der Waals surface area (Å²) < 4.78 is 5.41. The van der Waals surface area contributed by atoms with E-state index in [1.54, 1.807) is 31.4 Å². The van der Waals surface area contributed by atoms with Gasteiger partial charge in [0.25, 0.3) is 0 Å². The highest BCUT2D eigenvalue weighted by molar-refractivity contribution is 6.11. The molecule has 3 rings (SSSR count). The van der Waals surface area contributed by atoms with Crippen molar-refractivity contribution in [2.75, 3.05) is 7.11 Å². The molecule has 0 aliphatic carbocycles. The zero-order chi connectivity index (χ0) is 17.3. The minimum absolute atomic E-state index is 0.0535. The number of fused-ring (bicyclic) bond motifs is 1. The van der Waals surface area contributed by atoms with E-state index in [4.69, 9.17) is 4.74 Å². The SMILES string of the molecule is COc1cc(C)c2cc(C(=O)c3ccc(C=O)cc3)ccc2c1C. The van der Waals surface area contributed by atoms with Crippen molar-refractivity contribution in [1.29, 1.82) is 0 Å². The van der Waals surface area contributed by atoms with E-state index in [2.05, 4.69) is 0 Å². The van der Waals surface area contributed by atoms with Gasteiger partial charge in [-0.1, -0.05) is 36.4 Å². The summed E-state index contributed by atoms with van der Waals surface area (Å²) in [4.78, 5) is 23.4. The van der Waals surface area contributed by atoms with Crippen molar-refractivity contribution in [2.24, 2.45) is 0 Å². The van der Waals surface area contributed by atoms with Crippen LogP contribution in [0.5, 0.6) is 5.75 Å². The molecule has 0 atom stereocenters. The van der Waals surface area contributed by atoms with Gasteiger partial charge in [-0.3, -0.25) is 9.59 Å². The quantitative estimate of drug-likeness (QED) is 0.525. The number of aldehydes is 1. The number of hydrogen-bond acceptors (Lipinski definition) is 3. The number of hydrogen-bond donors (Lipinski definition) is 0. The summed E-state index contributed by atoms with van der Waals surface area (Å²) in [7, 11) is 1.66. The lowest BCUT2D eigenvalue weighted by Gasteiger charge is -2.12. The molecule has 0 heterocycles. The van der Waals surface area contributed by atoms with E-state index in [0.29, 0.717) is 16.7 Å². The lowest BCUT2D eigenvalue weighted by atomic mass is 9.95. The van der Waals surface area contributed by atoms with Crippen LogP contribution in [0, 0.1) is 13.8 Å². The number of ketones is 1. The molecule has 0 aromatic heterocycles. The number of methoxy groups -OCH3 is 1. The number of rotatable bonds is 4. The van der Waals surface area contributed by atoms with Crippen LogP contribution in [0.1, 0.15) is 37.4 Å². The number of carbonyl (C=O) groups excluding carboxylic acids is 2. The summed E-state index contributed by atoms with van der Waals surface area (Å²) in [6.07, 6.45) is 0.768. The summed E-state index contributed by atoms with van der Waals surface area (Å²) in [6.45, 7) is 4.03. The first-order valence-corrected chi connectivity index (χ1v) is 7.73. The molecule has 0 amide bonds. The van der Waals surface area contributed by atoms with Gasteiger partial charge in [-0.2, -0.15) is 0 Å². The average molecular weight is 318 g/mol. The molecule has 0 radical (unpaired) electrons. The predicted molar refractivity (Wildman–Crippen MR) is 95.2 cm³/mol. The van der Waals surface area contributed by atoms with Gasteiger partial charge < -0.3 is 4.74 Å². The Balaban J connectivity index is 2.08. The van der Waals surface area contributed by atoms with E-state index >= 15 is 0 Å². The first-order valence-electron chi connectivity index (χ1n) is 7.73. The molecule has 0 spiro atoms. The summed E-state index contributed by atoms with van der Waals surface area (Å²) >= 11 is 0. The van der Waals surface area contributed by atoms with E-state index < -0.39 is 0 Å². The summed E-state index contributed by atoms with van der Waals surface area (Å²) in [5, 5.41) is 2.13. The van der Waals surface area contributed by atoms with E-state index in [1.165, 1.54) is 0 Å². The third-order valence-electron chi connectivity index (χ3n) is 4.36. The Labute approximate surface area is 140 Å². The first-order chi connectivity index (χ1) is 11.5. The number of benzene rings is 3. The van der Waals surface area contributed by atoms with Crippen LogP contribution in [-0.2, 0) is 0 Å². The molecule has 120 valence electrons. The highest BCUT2D eigenvalue weighted by Gasteiger charge is 2.13. The van der Waals surface area contributed by atoms with Crippen molar-refractivity contribution in [1.82, 2.24) is 0 Å². The standard InChI is InChI=1S/C21H18O3/c1-13-10-20(24-3)14(2)18-9-8-17(11-19(13)18)21(23)16-6-4-15(12-22)5-7-16/h4-12H,1-3H3. The highest BCUT2D eigenvalue weighted by Crippen LogP contribution is 2.31. The van der Waals surface area contributed by atoms with Crippen LogP contribution in [0.3, 0.4) is 0 Å². The minimum atomic E-state index is -0.0535. The van der Waals surface area contributed by atoms with Crippen LogP contribution < -0.4 is 4.74 Å². The zero-order valence-corrected chi connectivity index (χ0v) is 13.9. The van der Waals surface area contributed by atoms with Crippen LogP contribution in [-0.4, -0.2) is 19.2 Å². The van der Waals surface area contributed by atoms with E-state index in [9.17, 15) is 9.59 Å². The van der Waals surface area contributed by atoms with Gasteiger partial charge in [-0.25, -0.2) is 0 Å². The number of aryl methyl sites for hydroxylation is 2. The van der Waals surface area contributed by atoms with Crippen molar-refractivity contribution in [2.45, 2.75) is 13.8 Å². The summed E-state index contributed by atoms with van der Waals surface area (Å²) in [5.41, 5.74) is 3.89. The second kappa shape index (κ2) is 6.28. The van der Waals surface area contributed by atoms with Crippen molar-refractivity contribution < 1.29 is 14.3 Å². The van der Waals surface area contributed by atoms with E-state index in [0.717, 1.165) is 33.9 Å². The Bertz CT molecular complexity index is 937. The van der Waals surface area contributed by atoms with Crippen LogP contribution in [0.25, 0.3) is 10.8 Å². The van der Waals surface area contributed by atoms with Gasteiger partial charge >= 0.3 is 0 Å². The van der Waals surface area contributed by atoms with Gasteiger partial charge in [-0.05, 0) is 47.9 Å². The highest BCUT2D eigenvalue weighted by atomic mass is 16.5. The van der Waals surface area contributed by atoms with Crippen LogP contribution in [0.4, 0.5) is 0 Å². The van der Waals surface area contributed by atoms with Crippen molar-refractivity contribution in [3.05, 3.63) is 76.3 Å². The molecular formula is C21H18O3. The molecule has 24 heavy (non-hydrogen) atoms. The number of carbonyl (C=O) groups is 2. The van der Waals surface area contributed by atoms with Crippen molar-refractivity contribution in [3.8, 4) is 5.75 Å². The second-order valence-corrected chi connectivity index (χ2v) is 5.85. The Morgan fingerprint density at radius 1 is 0.917 bits per heavy atom. The zero-order valence-electron chi connectivity index (χ0n) is 13.9. The maximum atomic E-state index is 12.7. The van der Waals surface area contributed by atoms with E-state index in [1.807, 2.05) is 38.1 Å². The fourth-order valence-corrected chi connectivity index (χ4v) is 2.95. The molecule has 0 aliphatic heterocycles. The van der Waals surface area contributed by atoms with Gasteiger partial charge in [0.1, 0.15) is 12.0 Å². The summed E-state index contributed by atoms with van der Waals surface area (Å²) in [5.74, 6) is 0.797. The normalized spacial score (nSPS) is 10.6. The molecule has 0 fully saturated rings. The van der Waals surface area contributed by atoms with Crippen molar-refractivity contribution in [3.63, 3.8) is 0 Å². The van der Waals surface area contributed by atoms with E-state index in [-0.39, 0.29) is 5.78 Å². The third kappa shape index (κ3) is 2.69. The van der Waals surface area contributed by atoms with Gasteiger partial charge in [0, 0.05) is 16.7 Å². The fraction of sp³-hybridized carbons (Fsp3) is 0.143. The molecule has 3 heteroatoms. The van der Waals surface area contributed by atoms with Crippen LogP contribution in [0.2, 0.25) is 0 Å². The van der Waals surface area contributed by atoms with Crippen LogP contribution >= 0.6 is 0 Å². The fourth-order valence-electron chi connectivity index (χ4n) is 2.95. The molecule has 0 unspecified atom stereocenters. The molecular weight excluding hydrogens is 300 g/mol. The van der Waals surface area contributed by atoms with Gasteiger partial charge in [0.05, 0.1) is 7.11 Å². The topological polar surface area (TPSA) is 43.4 Å². The largest absolute Gasteiger partial charge is 0.496 e. The third-order valence-corrected chi connectivity index (χ3v) is 4.36. The molecule has 0 aliphatic rings. The maximum absolute atomic E-state index is 12.7. The Morgan fingerprint density at radius 3 is 2.21 bits per heavy atom. The first kappa shape index (κ1) is 15.9. The lowest BCUT2D eigenvalue weighted by molar-refractivity contribution is 0.103. The van der Waals surface area contributed by atoms with Gasteiger partial charge in [0.15, 0.2) is 5.78 Å². The van der Waals surface area contributed by atoms with Gasteiger partial charge in [0.2, 0.25) is 0 Å². The second-order valence-electron chi connectivity index (χ2n) is 5.85. The monoisotopic (exact) mass is 318 g/mol. The molecule has 3 nitrogen and oxygen atoms in total. The molecule has 0 N–H and O–H groups in total. The molecule has 0 saturated carbocycles. The maximum Gasteiger partial charge on any atom is 0.193 e. The Morgan fingerprint density at radius 2 is 1.58 bits per heavy atom. The van der Waals surface area contributed by atoms with Crippen LogP contribution in [0.15, 0.2) is 48.5 Å². The molecule has 3 aromatic carbocycles. The molecule has 3 aromatic rings. The Hall–Kier alpha value is -2.94. The lowest BCUT2D eigenvalue weighted by Crippen LogP contribution is -2.02. The smallest absolute Gasteiger partial charge is 0.193 e. The molecule has 0 bridgehead atoms. The Kier molecular flexibility index (Phi) is 4.17. The number of ether oxygens (including phenoxy) is 1. The summed E-state index contributed by atoms with van der Waals surface area (Å²) in [6, 6.07) is 14.4. The molecule has 0 saturated heterocycles. The van der Waals surface area contributed by atoms with Crippen molar-refractivity contribution >= 4 is 22.8 Å². The predicted octanol–water partition coefficient (Wildman–Crippen LogP) is 4.51.